The largest absolute Gasteiger partial charge is 0.497 e. The Kier molecular flexibility index (Phi) is 4.77. The molecule has 0 saturated carbocycles. The summed E-state index contributed by atoms with van der Waals surface area (Å²) in [4.78, 5) is 11.3. The number of hydrogen-bond acceptors (Lipinski definition) is 7. The van der Waals surface area contributed by atoms with Crippen molar-refractivity contribution in [1.29, 1.82) is 0 Å². The highest BCUT2D eigenvalue weighted by Crippen LogP contribution is 2.41. The fourth-order valence-electron chi connectivity index (χ4n) is 2.26. The van der Waals surface area contributed by atoms with Crippen LogP contribution in [0.3, 0.4) is 0 Å². The zero-order valence-corrected chi connectivity index (χ0v) is 12.8. The van der Waals surface area contributed by atoms with Gasteiger partial charge in [0.2, 0.25) is 5.75 Å². The first-order chi connectivity index (χ1) is 10.5. The van der Waals surface area contributed by atoms with Crippen molar-refractivity contribution in [1.82, 2.24) is 0 Å². The van der Waals surface area contributed by atoms with Gasteiger partial charge in [0.05, 0.1) is 34.5 Å². The average Bonchev–Trinajstić information content (AvgIpc) is 2.93. The number of benzene rings is 1. The summed E-state index contributed by atoms with van der Waals surface area (Å²) in [5, 5.41) is 10.5. The van der Waals surface area contributed by atoms with Crippen LogP contribution < -0.4 is 14.2 Å². The third kappa shape index (κ3) is 2.80. The molecule has 1 N–H and O–H groups in total. The second-order valence-electron chi connectivity index (χ2n) is 4.51. The molecule has 0 spiro atoms. The summed E-state index contributed by atoms with van der Waals surface area (Å²) in [7, 11) is 5.84. The highest BCUT2D eigenvalue weighted by molar-refractivity contribution is 5.85. The van der Waals surface area contributed by atoms with Crippen molar-refractivity contribution in [3.63, 3.8) is 0 Å². The fraction of sp³-hybridized carbons (Fsp3) is 0.400. The Bertz CT molecular complexity index is 569. The first-order valence-electron chi connectivity index (χ1n) is 6.49. The monoisotopic (exact) mass is 310 g/mol. The van der Waals surface area contributed by atoms with Crippen molar-refractivity contribution in [3.05, 3.63) is 29.5 Å². The SMILES string of the molecule is COC1=CC(=O)O[C@@H]1[C@H](O)c1cc(OC)c(OC)c(OC)c1. The Labute approximate surface area is 128 Å². The maximum Gasteiger partial charge on any atom is 0.335 e. The normalized spacial score (nSPS) is 18.3. The van der Waals surface area contributed by atoms with Gasteiger partial charge in [0.25, 0.3) is 0 Å². The van der Waals surface area contributed by atoms with E-state index in [2.05, 4.69) is 0 Å². The molecule has 2 rings (SSSR count). The molecule has 0 radical (unpaired) electrons. The minimum absolute atomic E-state index is 0.256. The number of aliphatic hydroxyl groups is 1. The summed E-state index contributed by atoms with van der Waals surface area (Å²) in [5.74, 6) is 0.887. The van der Waals surface area contributed by atoms with Crippen LogP contribution in [0.4, 0.5) is 0 Å². The van der Waals surface area contributed by atoms with Gasteiger partial charge in [-0.3, -0.25) is 0 Å². The molecule has 0 aromatic heterocycles. The summed E-state index contributed by atoms with van der Waals surface area (Å²) in [5.41, 5.74) is 0.442. The van der Waals surface area contributed by atoms with Crippen LogP contribution in [0.25, 0.3) is 0 Å². The predicted molar refractivity (Wildman–Crippen MR) is 76.0 cm³/mol. The topological polar surface area (TPSA) is 83.5 Å². The average molecular weight is 310 g/mol. The van der Waals surface area contributed by atoms with E-state index >= 15 is 0 Å². The maximum atomic E-state index is 11.3. The highest BCUT2D eigenvalue weighted by Gasteiger charge is 2.35. The third-order valence-electron chi connectivity index (χ3n) is 3.33. The third-order valence-corrected chi connectivity index (χ3v) is 3.33. The quantitative estimate of drug-likeness (QED) is 0.790. The molecule has 7 heteroatoms. The van der Waals surface area contributed by atoms with E-state index in [1.54, 1.807) is 12.1 Å². The van der Waals surface area contributed by atoms with E-state index in [-0.39, 0.29) is 5.76 Å². The van der Waals surface area contributed by atoms with E-state index in [0.29, 0.717) is 22.8 Å². The number of ether oxygens (including phenoxy) is 5. The zero-order valence-electron chi connectivity index (χ0n) is 12.8. The molecular formula is C15H18O7. The van der Waals surface area contributed by atoms with Gasteiger partial charge in [-0.2, -0.15) is 0 Å². The molecule has 0 aliphatic carbocycles. The lowest BCUT2D eigenvalue weighted by Crippen LogP contribution is -2.22. The van der Waals surface area contributed by atoms with Gasteiger partial charge in [0, 0.05) is 0 Å². The van der Waals surface area contributed by atoms with Crippen molar-refractivity contribution in [2.24, 2.45) is 0 Å². The van der Waals surface area contributed by atoms with E-state index in [0.717, 1.165) is 0 Å². The molecule has 0 unspecified atom stereocenters. The van der Waals surface area contributed by atoms with Crippen LogP contribution in [0.5, 0.6) is 17.2 Å². The number of esters is 1. The number of rotatable bonds is 6. The van der Waals surface area contributed by atoms with Gasteiger partial charge in [-0.1, -0.05) is 0 Å². The molecule has 1 aromatic rings. The Hall–Kier alpha value is -2.41. The van der Waals surface area contributed by atoms with Gasteiger partial charge in [-0.15, -0.1) is 0 Å². The van der Waals surface area contributed by atoms with E-state index in [1.807, 2.05) is 0 Å². The van der Waals surface area contributed by atoms with Gasteiger partial charge in [-0.25, -0.2) is 4.79 Å². The van der Waals surface area contributed by atoms with Crippen LogP contribution in [0.15, 0.2) is 24.0 Å². The van der Waals surface area contributed by atoms with Crippen LogP contribution in [-0.4, -0.2) is 45.6 Å². The zero-order chi connectivity index (χ0) is 16.3. The second kappa shape index (κ2) is 6.57. The highest BCUT2D eigenvalue weighted by atomic mass is 16.6. The van der Waals surface area contributed by atoms with E-state index in [9.17, 15) is 9.90 Å². The van der Waals surface area contributed by atoms with Crippen LogP contribution in [0.1, 0.15) is 11.7 Å². The molecule has 0 amide bonds. The Morgan fingerprint density at radius 3 is 2.09 bits per heavy atom. The second-order valence-corrected chi connectivity index (χ2v) is 4.51. The smallest absolute Gasteiger partial charge is 0.335 e. The van der Waals surface area contributed by atoms with Crippen molar-refractivity contribution in [2.75, 3.05) is 28.4 Å². The predicted octanol–water partition coefficient (Wildman–Crippen LogP) is 1.20. The van der Waals surface area contributed by atoms with Crippen molar-refractivity contribution in [2.45, 2.75) is 12.2 Å². The Morgan fingerprint density at radius 1 is 1.05 bits per heavy atom. The molecule has 1 aromatic carbocycles. The number of carbonyl (C=O) groups is 1. The standard InChI is InChI=1S/C15H18O7/c1-18-9-5-8(6-10(19-2)14(9)21-4)13(17)15-11(20-3)7-12(16)22-15/h5-7,13,15,17H,1-4H3/t13-,15+/m1/s1. The number of hydrogen-bond donors (Lipinski definition) is 1. The van der Waals surface area contributed by atoms with Gasteiger partial charge in [0.15, 0.2) is 17.6 Å². The van der Waals surface area contributed by atoms with E-state index in [4.69, 9.17) is 23.7 Å². The maximum absolute atomic E-state index is 11.3. The first-order valence-corrected chi connectivity index (χ1v) is 6.49. The summed E-state index contributed by atoms with van der Waals surface area (Å²) < 4.78 is 25.8. The van der Waals surface area contributed by atoms with Gasteiger partial charge in [-0.05, 0) is 17.7 Å². The summed E-state index contributed by atoms with van der Waals surface area (Å²) in [6.45, 7) is 0. The molecule has 0 fully saturated rings. The van der Waals surface area contributed by atoms with E-state index < -0.39 is 18.2 Å². The lowest BCUT2D eigenvalue weighted by Gasteiger charge is -2.22. The van der Waals surface area contributed by atoms with Crippen LogP contribution in [-0.2, 0) is 14.3 Å². The molecule has 0 saturated heterocycles. The van der Waals surface area contributed by atoms with Crippen LogP contribution >= 0.6 is 0 Å². The minimum Gasteiger partial charge on any atom is -0.497 e. The molecule has 2 atom stereocenters. The Balaban J connectivity index is 2.40. The van der Waals surface area contributed by atoms with Gasteiger partial charge >= 0.3 is 5.97 Å². The van der Waals surface area contributed by atoms with Crippen LogP contribution in [0, 0.1) is 0 Å². The lowest BCUT2D eigenvalue weighted by atomic mass is 10.0. The molecule has 7 nitrogen and oxygen atoms in total. The summed E-state index contributed by atoms with van der Waals surface area (Å²) in [6.07, 6.45) is -0.849. The van der Waals surface area contributed by atoms with Crippen molar-refractivity contribution < 1.29 is 33.6 Å². The van der Waals surface area contributed by atoms with Gasteiger partial charge < -0.3 is 28.8 Å². The number of aliphatic hydroxyl groups excluding tert-OH is 1. The van der Waals surface area contributed by atoms with Gasteiger partial charge in [0.1, 0.15) is 11.9 Å². The van der Waals surface area contributed by atoms with Crippen molar-refractivity contribution >= 4 is 5.97 Å². The fourth-order valence-corrected chi connectivity index (χ4v) is 2.26. The molecule has 120 valence electrons. The summed E-state index contributed by atoms with van der Waals surface area (Å²) in [6, 6.07) is 3.18. The van der Waals surface area contributed by atoms with E-state index in [1.165, 1.54) is 34.5 Å². The number of carbonyl (C=O) groups excluding carboxylic acids is 1. The van der Waals surface area contributed by atoms with Crippen LogP contribution in [0.2, 0.25) is 0 Å². The molecular weight excluding hydrogens is 292 g/mol. The van der Waals surface area contributed by atoms with Crippen molar-refractivity contribution in [3.8, 4) is 17.2 Å². The Morgan fingerprint density at radius 2 is 1.64 bits per heavy atom. The number of methoxy groups -OCH3 is 4. The molecule has 1 aliphatic rings. The lowest BCUT2D eigenvalue weighted by molar-refractivity contribution is -0.144. The first kappa shape index (κ1) is 16.0. The molecule has 1 aliphatic heterocycles. The molecule has 1 heterocycles. The summed E-state index contributed by atoms with van der Waals surface area (Å²) >= 11 is 0. The minimum atomic E-state index is -1.13. The number of cyclic esters (lactones) is 1. The molecule has 0 bridgehead atoms. The molecule has 22 heavy (non-hydrogen) atoms.